The highest BCUT2D eigenvalue weighted by Crippen LogP contribution is 2.22. The Labute approximate surface area is 157 Å². The third kappa shape index (κ3) is 5.25. The first kappa shape index (κ1) is 19.8. The molecule has 1 aromatic rings. The predicted molar refractivity (Wildman–Crippen MR) is 109 cm³/mol. The van der Waals surface area contributed by atoms with Crippen LogP contribution in [-0.4, -0.2) is 75.0 Å². The van der Waals surface area contributed by atoms with Crippen LogP contribution in [0.2, 0.25) is 0 Å². The molecule has 0 radical (unpaired) electrons. The number of benzene rings is 1. The van der Waals surface area contributed by atoms with E-state index in [1.54, 1.807) is 25.1 Å². The van der Waals surface area contributed by atoms with E-state index in [4.69, 9.17) is 0 Å². The molecule has 0 atom stereocenters. The number of carbonyl (C=O) groups excluding carboxylic acids is 1. The van der Waals surface area contributed by atoms with Crippen LogP contribution in [0.5, 0.6) is 0 Å². The summed E-state index contributed by atoms with van der Waals surface area (Å²) >= 11 is 0. The molecule has 1 saturated heterocycles. The molecule has 1 aromatic carbocycles. The fraction of sp³-hybridized carbons (Fsp3) is 0.500. The van der Waals surface area contributed by atoms with Gasteiger partial charge in [-0.15, -0.1) is 6.58 Å². The standard InChI is InChI=1S/C20H31N5O/c1-6-9-21-20(22-15-19(26)23(4)5)25-12-10-24(11-13-25)18-14-16(2)7-8-17(18)3/h6-8,14H,1,9-13,15H2,2-5H3,(H,21,22). The summed E-state index contributed by atoms with van der Waals surface area (Å²) in [7, 11) is 3.50. The van der Waals surface area contributed by atoms with Gasteiger partial charge in [-0.05, 0) is 31.0 Å². The van der Waals surface area contributed by atoms with Crippen LogP contribution in [0.4, 0.5) is 5.69 Å². The number of aliphatic imine (C=N–C) groups is 1. The van der Waals surface area contributed by atoms with Gasteiger partial charge >= 0.3 is 0 Å². The molecular weight excluding hydrogens is 326 g/mol. The van der Waals surface area contributed by atoms with Gasteiger partial charge in [-0.2, -0.15) is 0 Å². The van der Waals surface area contributed by atoms with Crippen molar-refractivity contribution >= 4 is 17.6 Å². The zero-order valence-electron chi connectivity index (χ0n) is 16.5. The van der Waals surface area contributed by atoms with E-state index in [9.17, 15) is 4.79 Å². The lowest BCUT2D eigenvalue weighted by molar-refractivity contribution is -0.127. The Bertz CT molecular complexity index is 660. The first-order valence-electron chi connectivity index (χ1n) is 9.09. The number of hydrogen-bond acceptors (Lipinski definition) is 3. The molecule has 0 unspecified atom stereocenters. The van der Waals surface area contributed by atoms with E-state index >= 15 is 0 Å². The summed E-state index contributed by atoms with van der Waals surface area (Å²) in [4.78, 5) is 22.6. The van der Waals surface area contributed by atoms with Crippen LogP contribution in [0, 0.1) is 13.8 Å². The Morgan fingerprint density at radius 1 is 1.27 bits per heavy atom. The minimum Gasteiger partial charge on any atom is -0.368 e. The molecule has 142 valence electrons. The smallest absolute Gasteiger partial charge is 0.243 e. The number of carbonyl (C=O) groups is 1. The summed E-state index contributed by atoms with van der Waals surface area (Å²) in [5, 5.41) is 3.28. The van der Waals surface area contributed by atoms with Gasteiger partial charge in [0.25, 0.3) is 0 Å². The second-order valence-electron chi connectivity index (χ2n) is 6.86. The van der Waals surface area contributed by atoms with Gasteiger partial charge in [0.2, 0.25) is 5.91 Å². The lowest BCUT2D eigenvalue weighted by atomic mass is 10.1. The number of guanidine groups is 1. The molecule has 1 amide bonds. The van der Waals surface area contributed by atoms with Crippen molar-refractivity contribution in [3.63, 3.8) is 0 Å². The Morgan fingerprint density at radius 2 is 1.96 bits per heavy atom. The summed E-state index contributed by atoms with van der Waals surface area (Å²) in [6.45, 7) is 12.4. The normalized spacial score (nSPS) is 15.0. The van der Waals surface area contributed by atoms with Crippen molar-refractivity contribution < 1.29 is 4.79 Å². The molecule has 2 rings (SSSR count). The average Bonchev–Trinajstić information content (AvgIpc) is 2.63. The van der Waals surface area contributed by atoms with Crippen LogP contribution >= 0.6 is 0 Å². The molecule has 0 spiro atoms. The highest BCUT2D eigenvalue weighted by atomic mass is 16.2. The van der Waals surface area contributed by atoms with E-state index in [0.717, 1.165) is 32.1 Å². The molecule has 6 nitrogen and oxygen atoms in total. The minimum absolute atomic E-state index is 0.00285. The summed E-state index contributed by atoms with van der Waals surface area (Å²) in [6, 6.07) is 6.59. The Hall–Kier alpha value is -2.50. The van der Waals surface area contributed by atoms with Crippen molar-refractivity contribution in [3.05, 3.63) is 42.0 Å². The minimum atomic E-state index is -0.00285. The van der Waals surface area contributed by atoms with Crippen molar-refractivity contribution in [3.8, 4) is 0 Å². The topological polar surface area (TPSA) is 51.2 Å². The number of amides is 1. The van der Waals surface area contributed by atoms with Crippen molar-refractivity contribution in [2.45, 2.75) is 13.8 Å². The maximum atomic E-state index is 11.9. The van der Waals surface area contributed by atoms with Gasteiger partial charge in [-0.1, -0.05) is 18.2 Å². The first-order chi connectivity index (χ1) is 12.4. The second-order valence-corrected chi connectivity index (χ2v) is 6.86. The Kier molecular flexibility index (Phi) is 7.06. The maximum absolute atomic E-state index is 11.9. The van der Waals surface area contributed by atoms with Gasteiger partial charge in [0.05, 0.1) is 0 Å². The van der Waals surface area contributed by atoms with Gasteiger partial charge in [0.15, 0.2) is 5.96 Å². The monoisotopic (exact) mass is 357 g/mol. The lowest BCUT2D eigenvalue weighted by Gasteiger charge is -2.38. The van der Waals surface area contributed by atoms with Crippen molar-refractivity contribution in [1.82, 2.24) is 15.1 Å². The largest absolute Gasteiger partial charge is 0.368 e. The molecule has 0 aromatic heterocycles. The number of nitrogens with zero attached hydrogens (tertiary/aromatic N) is 4. The average molecular weight is 358 g/mol. The number of anilines is 1. The van der Waals surface area contributed by atoms with Gasteiger partial charge in [0.1, 0.15) is 6.54 Å². The highest BCUT2D eigenvalue weighted by molar-refractivity contribution is 5.85. The predicted octanol–water partition coefficient (Wildman–Crippen LogP) is 1.65. The number of hydrogen-bond donors (Lipinski definition) is 1. The van der Waals surface area contributed by atoms with Crippen LogP contribution in [0.3, 0.4) is 0 Å². The summed E-state index contributed by atoms with van der Waals surface area (Å²) in [5.41, 5.74) is 3.90. The Morgan fingerprint density at radius 3 is 2.58 bits per heavy atom. The molecule has 0 bridgehead atoms. The van der Waals surface area contributed by atoms with E-state index in [1.165, 1.54) is 16.8 Å². The number of piperazine rings is 1. The molecule has 1 N–H and O–H groups in total. The molecular formula is C20H31N5O. The van der Waals surface area contributed by atoms with E-state index in [-0.39, 0.29) is 12.5 Å². The van der Waals surface area contributed by atoms with Crippen molar-refractivity contribution in [2.24, 2.45) is 4.99 Å². The number of nitrogens with one attached hydrogen (secondary N) is 1. The van der Waals surface area contributed by atoms with E-state index in [2.05, 4.69) is 58.7 Å². The van der Waals surface area contributed by atoms with E-state index in [1.807, 2.05) is 0 Å². The van der Waals surface area contributed by atoms with Gasteiger partial charge in [-0.3, -0.25) is 4.79 Å². The molecule has 0 aliphatic carbocycles. The van der Waals surface area contributed by atoms with Crippen LogP contribution in [0.15, 0.2) is 35.8 Å². The molecule has 26 heavy (non-hydrogen) atoms. The van der Waals surface area contributed by atoms with Crippen LogP contribution in [0.1, 0.15) is 11.1 Å². The SMILES string of the molecule is C=CCNC(=NCC(=O)N(C)C)N1CCN(c2cc(C)ccc2C)CC1. The third-order valence-electron chi connectivity index (χ3n) is 4.55. The zero-order valence-corrected chi connectivity index (χ0v) is 16.5. The molecule has 0 saturated carbocycles. The first-order valence-corrected chi connectivity index (χ1v) is 9.09. The highest BCUT2D eigenvalue weighted by Gasteiger charge is 2.21. The summed E-state index contributed by atoms with van der Waals surface area (Å²) < 4.78 is 0. The van der Waals surface area contributed by atoms with Crippen LogP contribution in [-0.2, 0) is 4.79 Å². The fourth-order valence-corrected chi connectivity index (χ4v) is 2.93. The lowest BCUT2D eigenvalue weighted by Crippen LogP contribution is -2.53. The number of likely N-dealkylation sites (N-methyl/N-ethyl adjacent to an activating group) is 1. The summed E-state index contributed by atoms with van der Waals surface area (Å²) in [5.74, 6) is 0.776. The fourth-order valence-electron chi connectivity index (χ4n) is 2.93. The second kappa shape index (κ2) is 9.27. The van der Waals surface area contributed by atoms with Gasteiger partial charge in [-0.25, -0.2) is 4.99 Å². The van der Waals surface area contributed by atoms with E-state index < -0.39 is 0 Å². The van der Waals surface area contributed by atoms with Gasteiger partial charge in [0, 0.05) is 52.5 Å². The Balaban J connectivity index is 2.03. The zero-order chi connectivity index (χ0) is 19.1. The van der Waals surface area contributed by atoms with Crippen molar-refractivity contribution in [1.29, 1.82) is 0 Å². The number of aryl methyl sites for hydroxylation is 2. The maximum Gasteiger partial charge on any atom is 0.243 e. The van der Waals surface area contributed by atoms with E-state index in [0.29, 0.717) is 6.54 Å². The molecule has 6 heteroatoms. The molecule has 1 aliphatic heterocycles. The molecule has 1 fully saturated rings. The molecule has 1 aliphatic rings. The van der Waals surface area contributed by atoms with Crippen molar-refractivity contribution in [2.75, 3.05) is 58.3 Å². The third-order valence-corrected chi connectivity index (χ3v) is 4.55. The quantitative estimate of drug-likeness (QED) is 0.495. The van der Waals surface area contributed by atoms with Crippen LogP contribution in [0.25, 0.3) is 0 Å². The number of rotatable bonds is 5. The molecule has 1 heterocycles. The summed E-state index contributed by atoms with van der Waals surface area (Å²) in [6.07, 6.45) is 1.80. The van der Waals surface area contributed by atoms with Gasteiger partial charge < -0.3 is 20.0 Å². The van der Waals surface area contributed by atoms with Crippen LogP contribution < -0.4 is 10.2 Å².